The minimum atomic E-state index is -3.69. The average molecular weight is 457 g/mol. The van der Waals surface area contributed by atoms with Crippen LogP contribution in [0.2, 0.25) is 0 Å². The van der Waals surface area contributed by atoms with Gasteiger partial charge in [0.1, 0.15) is 11.6 Å². The van der Waals surface area contributed by atoms with Gasteiger partial charge in [0.2, 0.25) is 10.0 Å². The number of carbonyl (C=O) groups is 1. The van der Waals surface area contributed by atoms with Crippen LogP contribution in [-0.4, -0.2) is 41.0 Å². The van der Waals surface area contributed by atoms with E-state index in [1.54, 1.807) is 37.3 Å². The minimum absolute atomic E-state index is 0.0701. The quantitative estimate of drug-likeness (QED) is 0.626. The largest absolute Gasteiger partial charge is 0.306 e. The summed E-state index contributed by atoms with van der Waals surface area (Å²) in [5.74, 6) is -0.432. The Kier molecular flexibility index (Phi) is 6.12. The number of hydrogen-bond acceptors (Lipinski definition) is 4. The lowest BCUT2D eigenvalue weighted by atomic mass is 10.1. The van der Waals surface area contributed by atoms with Crippen LogP contribution < -0.4 is 5.32 Å². The van der Waals surface area contributed by atoms with E-state index in [0.29, 0.717) is 23.7 Å². The van der Waals surface area contributed by atoms with E-state index in [1.807, 2.05) is 6.92 Å². The lowest BCUT2D eigenvalue weighted by Gasteiger charge is -2.32. The molecule has 2 aromatic carbocycles. The molecule has 0 radical (unpaired) electrons. The summed E-state index contributed by atoms with van der Waals surface area (Å²) in [6, 6.07) is 13.4. The molecule has 1 amide bonds. The van der Waals surface area contributed by atoms with Crippen molar-refractivity contribution in [1.82, 2.24) is 14.1 Å². The molecule has 1 aromatic heterocycles. The first-order chi connectivity index (χ1) is 15.3. The normalized spacial score (nSPS) is 17.3. The molecule has 1 atom stereocenters. The standard InChI is InChI=1S/C23H25FN4O3S/c1-16-14-22(28(26-16)20-11-9-19(24)10-12-20)25-23(29)18-7-5-8-21(15-18)32(30,31)27-13-4-3-6-17(27)2/h5,7-12,14-15,17H,3-4,6,13H2,1-2H3,(H,25,29). The number of hydrogen-bond donors (Lipinski definition) is 1. The van der Waals surface area contributed by atoms with Gasteiger partial charge in [0, 0.05) is 24.2 Å². The van der Waals surface area contributed by atoms with Gasteiger partial charge in [-0.15, -0.1) is 0 Å². The highest BCUT2D eigenvalue weighted by Gasteiger charge is 2.31. The number of amides is 1. The molecule has 1 aliphatic heterocycles. The number of nitrogens with one attached hydrogen (secondary N) is 1. The Balaban J connectivity index is 1.60. The van der Waals surface area contributed by atoms with E-state index < -0.39 is 15.9 Å². The van der Waals surface area contributed by atoms with Crippen molar-refractivity contribution in [3.05, 3.63) is 71.7 Å². The smallest absolute Gasteiger partial charge is 0.256 e. The van der Waals surface area contributed by atoms with Gasteiger partial charge in [-0.3, -0.25) is 4.79 Å². The highest BCUT2D eigenvalue weighted by Crippen LogP contribution is 2.26. The summed E-state index contributed by atoms with van der Waals surface area (Å²) in [4.78, 5) is 13.1. The summed E-state index contributed by atoms with van der Waals surface area (Å²) >= 11 is 0. The van der Waals surface area contributed by atoms with E-state index >= 15 is 0 Å². The number of aromatic nitrogens is 2. The maximum atomic E-state index is 13.3. The zero-order valence-corrected chi connectivity index (χ0v) is 18.8. The molecule has 3 aromatic rings. The third-order valence-electron chi connectivity index (χ3n) is 5.59. The molecule has 0 spiro atoms. The van der Waals surface area contributed by atoms with Gasteiger partial charge < -0.3 is 5.32 Å². The molecule has 1 saturated heterocycles. The molecule has 0 aliphatic carbocycles. The van der Waals surface area contributed by atoms with E-state index in [0.717, 1.165) is 19.3 Å². The molecule has 0 saturated carbocycles. The van der Waals surface area contributed by atoms with E-state index in [9.17, 15) is 17.6 Å². The van der Waals surface area contributed by atoms with Crippen LogP contribution in [0.1, 0.15) is 42.2 Å². The fourth-order valence-electron chi connectivity index (χ4n) is 3.92. The summed E-state index contributed by atoms with van der Waals surface area (Å²) in [6.45, 7) is 4.17. The molecule has 1 fully saturated rings. The zero-order valence-electron chi connectivity index (χ0n) is 18.0. The first-order valence-electron chi connectivity index (χ1n) is 10.5. The van der Waals surface area contributed by atoms with Gasteiger partial charge in [-0.2, -0.15) is 9.40 Å². The first-order valence-corrected chi connectivity index (χ1v) is 12.0. The number of nitrogens with zero attached hydrogens (tertiary/aromatic N) is 3. The Labute approximate surface area is 186 Å². The van der Waals surface area contributed by atoms with E-state index in [1.165, 1.54) is 33.3 Å². The highest BCUT2D eigenvalue weighted by molar-refractivity contribution is 7.89. The first kappa shape index (κ1) is 22.2. The fraction of sp³-hybridized carbons (Fsp3) is 0.304. The van der Waals surface area contributed by atoms with Crippen LogP contribution >= 0.6 is 0 Å². The van der Waals surface area contributed by atoms with Crippen molar-refractivity contribution >= 4 is 21.7 Å². The summed E-state index contributed by atoms with van der Waals surface area (Å²) in [5.41, 5.74) is 1.48. The Hall–Kier alpha value is -3.04. The second-order valence-corrected chi connectivity index (χ2v) is 9.89. The summed E-state index contributed by atoms with van der Waals surface area (Å²) in [7, 11) is -3.69. The molecule has 32 heavy (non-hydrogen) atoms. The number of halogens is 1. The molecule has 1 unspecified atom stereocenters. The Morgan fingerprint density at radius 1 is 1.12 bits per heavy atom. The van der Waals surface area contributed by atoms with Crippen molar-refractivity contribution in [2.45, 2.75) is 44.0 Å². The van der Waals surface area contributed by atoms with Gasteiger partial charge in [0.05, 0.1) is 16.3 Å². The Morgan fingerprint density at radius 3 is 2.59 bits per heavy atom. The molecule has 0 bridgehead atoms. The van der Waals surface area contributed by atoms with Gasteiger partial charge in [0.15, 0.2) is 0 Å². The molecule has 2 heterocycles. The zero-order chi connectivity index (χ0) is 22.9. The van der Waals surface area contributed by atoms with E-state index in [4.69, 9.17) is 0 Å². The highest BCUT2D eigenvalue weighted by atomic mass is 32.2. The Morgan fingerprint density at radius 2 is 1.88 bits per heavy atom. The Bertz CT molecular complexity index is 1240. The number of aryl methyl sites for hydroxylation is 1. The number of carbonyl (C=O) groups excluding carboxylic acids is 1. The average Bonchev–Trinajstić information content (AvgIpc) is 3.14. The van der Waals surface area contributed by atoms with Gasteiger partial charge in [0.25, 0.3) is 5.91 Å². The number of piperidine rings is 1. The van der Waals surface area contributed by atoms with Crippen molar-refractivity contribution in [1.29, 1.82) is 0 Å². The van der Waals surface area contributed by atoms with E-state index in [-0.39, 0.29) is 22.3 Å². The predicted molar refractivity (Wildman–Crippen MR) is 120 cm³/mol. The van der Waals surface area contributed by atoms with Crippen molar-refractivity contribution in [3.8, 4) is 5.69 Å². The second-order valence-electron chi connectivity index (χ2n) is 8.00. The molecular formula is C23H25FN4O3S. The summed E-state index contributed by atoms with van der Waals surface area (Å²) in [5, 5.41) is 7.15. The van der Waals surface area contributed by atoms with Gasteiger partial charge >= 0.3 is 0 Å². The molecule has 9 heteroatoms. The topological polar surface area (TPSA) is 84.3 Å². The van der Waals surface area contributed by atoms with Crippen LogP contribution in [0.4, 0.5) is 10.2 Å². The summed E-state index contributed by atoms with van der Waals surface area (Å²) in [6.07, 6.45) is 2.67. The summed E-state index contributed by atoms with van der Waals surface area (Å²) < 4.78 is 42.6. The lowest BCUT2D eigenvalue weighted by Crippen LogP contribution is -2.41. The maximum absolute atomic E-state index is 13.3. The molecular weight excluding hydrogens is 431 g/mol. The van der Waals surface area contributed by atoms with Gasteiger partial charge in [-0.25, -0.2) is 17.5 Å². The van der Waals surface area contributed by atoms with Crippen LogP contribution in [0.3, 0.4) is 0 Å². The maximum Gasteiger partial charge on any atom is 0.256 e. The van der Waals surface area contributed by atoms with E-state index in [2.05, 4.69) is 10.4 Å². The van der Waals surface area contributed by atoms with Crippen LogP contribution in [0.15, 0.2) is 59.5 Å². The second kappa shape index (κ2) is 8.84. The van der Waals surface area contributed by atoms with Crippen LogP contribution in [0, 0.1) is 12.7 Å². The predicted octanol–water partition coefficient (Wildman–Crippen LogP) is 4.14. The molecule has 4 rings (SSSR count). The third-order valence-corrected chi connectivity index (χ3v) is 7.60. The fourth-order valence-corrected chi connectivity index (χ4v) is 5.66. The minimum Gasteiger partial charge on any atom is -0.306 e. The molecule has 168 valence electrons. The SMILES string of the molecule is Cc1cc(NC(=O)c2cccc(S(=O)(=O)N3CCCCC3C)c2)n(-c2ccc(F)cc2)n1. The number of benzene rings is 2. The lowest BCUT2D eigenvalue weighted by molar-refractivity contribution is 0.102. The van der Waals surface area contributed by atoms with Crippen molar-refractivity contribution in [3.63, 3.8) is 0 Å². The molecule has 7 nitrogen and oxygen atoms in total. The van der Waals surface area contributed by atoms with Crippen LogP contribution in [0.5, 0.6) is 0 Å². The van der Waals surface area contributed by atoms with Gasteiger partial charge in [-0.05, 0) is 69.2 Å². The van der Waals surface area contributed by atoms with Gasteiger partial charge in [-0.1, -0.05) is 12.5 Å². The van der Waals surface area contributed by atoms with Crippen molar-refractivity contribution in [2.75, 3.05) is 11.9 Å². The van der Waals surface area contributed by atoms with Crippen molar-refractivity contribution < 1.29 is 17.6 Å². The third kappa shape index (κ3) is 4.44. The number of anilines is 1. The van der Waals surface area contributed by atoms with Crippen LogP contribution in [-0.2, 0) is 10.0 Å². The van der Waals surface area contributed by atoms with Crippen LogP contribution in [0.25, 0.3) is 5.69 Å². The number of sulfonamides is 1. The molecule has 1 aliphatic rings. The number of rotatable bonds is 5. The monoisotopic (exact) mass is 456 g/mol. The van der Waals surface area contributed by atoms with Crippen molar-refractivity contribution in [2.24, 2.45) is 0 Å². The molecule has 1 N–H and O–H groups in total.